The van der Waals surface area contributed by atoms with Crippen LogP contribution in [0.1, 0.15) is 25.0 Å². The first-order chi connectivity index (χ1) is 12.9. The maximum absolute atomic E-state index is 15.0. The van der Waals surface area contributed by atoms with Gasteiger partial charge in [0.25, 0.3) is 0 Å². The summed E-state index contributed by atoms with van der Waals surface area (Å²) in [6.45, 7) is 8.53. The maximum Gasteiger partial charge on any atom is 0.137 e. The van der Waals surface area contributed by atoms with Crippen LogP contribution < -0.4 is 0 Å². The van der Waals surface area contributed by atoms with Crippen molar-refractivity contribution >= 4 is 17.2 Å². The average molecular weight is 388 g/mol. The van der Waals surface area contributed by atoms with Crippen LogP contribution in [0.5, 0.6) is 0 Å². The van der Waals surface area contributed by atoms with Gasteiger partial charge in [0.2, 0.25) is 0 Å². The lowest BCUT2D eigenvalue weighted by Gasteiger charge is -2.40. The molecule has 1 unspecified atom stereocenters. The number of aromatic nitrogens is 3. The van der Waals surface area contributed by atoms with Crippen LogP contribution in [0.15, 0.2) is 61.7 Å². The Bertz CT molecular complexity index is 954. The van der Waals surface area contributed by atoms with Crippen molar-refractivity contribution in [3.63, 3.8) is 0 Å². The fourth-order valence-electron chi connectivity index (χ4n) is 3.55. The van der Waals surface area contributed by atoms with Gasteiger partial charge in [0.05, 0.1) is 6.54 Å². The quantitative estimate of drug-likeness (QED) is 0.557. The normalized spacial score (nSPS) is 13.6. The topological polar surface area (TPSA) is 30.7 Å². The summed E-state index contributed by atoms with van der Waals surface area (Å²) in [5.74, 6) is -1.35. The Balaban J connectivity index is 2.26. The molecule has 2 aromatic carbocycles. The Morgan fingerprint density at radius 3 is 2.56 bits per heavy atom. The molecule has 3 nitrogen and oxygen atoms in total. The highest BCUT2D eigenvalue weighted by molar-refractivity contribution is 6.32. The Labute approximate surface area is 162 Å². The van der Waals surface area contributed by atoms with Gasteiger partial charge in [0.15, 0.2) is 0 Å². The number of rotatable bonds is 6. The first-order valence-corrected chi connectivity index (χ1v) is 8.96. The van der Waals surface area contributed by atoms with E-state index in [0.29, 0.717) is 16.2 Å². The van der Waals surface area contributed by atoms with Crippen molar-refractivity contribution in [2.45, 2.75) is 25.8 Å². The summed E-state index contributed by atoms with van der Waals surface area (Å²) < 4.78 is 30.2. The van der Waals surface area contributed by atoms with Crippen molar-refractivity contribution in [1.29, 1.82) is 0 Å². The van der Waals surface area contributed by atoms with Crippen molar-refractivity contribution in [2.24, 2.45) is 5.92 Å². The number of allylic oxidation sites excluding steroid dienone is 1. The van der Waals surface area contributed by atoms with Gasteiger partial charge < -0.3 is 0 Å². The number of benzene rings is 2. The molecule has 0 saturated carbocycles. The lowest BCUT2D eigenvalue weighted by atomic mass is 9.65. The standard InChI is InChI=1S/C21H20ClF2N3/c1-14(2)21(11-27-13-25-12-26-27,18-9-8-16(23)10-20(18)24)15(3)17-6-4-5-7-19(17)22/h4-10,12-14H,3,11H2,1-2H3. The Morgan fingerprint density at radius 2 is 1.96 bits per heavy atom. The van der Waals surface area contributed by atoms with E-state index in [1.165, 1.54) is 18.5 Å². The molecule has 0 fully saturated rings. The molecule has 3 aromatic rings. The second-order valence-electron chi connectivity index (χ2n) is 6.80. The third-order valence-corrected chi connectivity index (χ3v) is 5.34. The van der Waals surface area contributed by atoms with E-state index in [0.717, 1.165) is 11.6 Å². The maximum atomic E-state index is 15.0. The van der Waals surface area contributed by atoms with Gasteiger partial charge in [-0.15, -0.1) is 0 Å². The zero-order valence-corrected chi connectivity index (χ0v) is 15.9. The van der Waals surface area contributed by atoms with E-state index in [1.54, 1.807) is 17.1 Å². The van der Waals surface area contributed by atoms with Crippen LogP contribution in [-0.4, -0.2) is 14.8 Å². The average Bonchev–Trinajstić information content (AvgIpc) is 3.13. The fourth-order valence-corrected chi connectivity index (χ4v) is 3.80. The van der Waals surface area contributed by atoms with E-state index in [2.05, 4.69) is 16.7 Å². The summed E-state index contributed by atoms with van der Waals surface area (Å²) in [4.78, 5) is 3.99. The van der Waals surface area contributed by atoms with E-state index in [1.807, 2.05) is 32.0 Å². The van der Waals surface area contributed by atoms with Gasteiger partial charge in [-0.1, -0.05) is 56.3 Å². The monoisotopic (exact) mass is 387 g/mol. The molecule has 1 aromatic heterocycles. The Kier molecular flexibility index (Phi) is 5.42. The van der Waals surface area contributed by atoms with Gasteiger partial charge in [0.1, 0.15) is 24.3 Å². The van der Waals surface area contributed by atoms with Gasteiger partial charge in [-0.3, -0.25) is 4.68 Å². The highest BCUT2D eigenvalue weighted by atomic mass is 35.5. The summed E-state index contributed by atoms with van der Waals surface area (Å²) in [7, 11) is 0. The third kappa shape index (κ3) is 3.52. The molecule has 0 radical (unpaired) electrons. The number of hydrogen-bond acceptors (Lipinski definition) is 2. The molecule has 0 aliphatic heterocycles. The molecule has 0 spiro atoms. The summed E-state index contributed by atoms with van der Waals surface area (Å²) in [5, 5.41) is 4.71. The highest BCUT2D eigenvalue weighted by Crippen LogP contribution is 2.47. The van der Waals surface area contributed by atoms with Crippen LogP contribution in [0.4, 0.5) is 8.78 Å². The van der Waals surface area contributed by atoms with Crippen LogP contribution in [-0.2, 0) is 12.0 Å². The van der Waals surface area contributed by atoms with Crippen LogP contribution in [0.2, 0.25) is 5.02 Å². The van der Waals surface area contributed by atoms with E-state index in [4.69, 9.17) is 11.6 Å². The van der Waals surface area contributed by atoms with Gasteiger partial charge in [0, 0.05) is 22.1 Å². The van der Waals surface area contributed by atoms with Crippen molar-refractivity contribution in [3.05, 3.63) is 89.5 Å². The van der Waals surface area contributed by atoms with Crippen LogP contribution in [0.25, 0.3) is 5.57 Å². The molecule has 140 valence electrons. The molecule has 0 amide bonds. The largest absolute Gasteiger partial charge is 0.252 e. The third-order valence-electron chi connectivity index (χ3n) is 5.01. The molecular formula is C21H20ClF2N3. The van der Waals surface area contributed by atoms with Gasteiger partial charge in [-0.05, 0) is 29.2 Å². The molecule has 0 aliphatic carbocycles. The van der Waals surface area contributed by atoms with Gasteiger partial charge >= 0.3 is 0 Å². The van der Waals surface area contributed by atoms with Gasteiger partial charge in [-0.2, -0.15) is 5.10 Å². The fraction of sp³-hybridized carbons (Fsp3) is 0.238. The number of nitrogens with zero attached hydrogens (tertiary/aromatic N) is 3. The molecule has 0 bridgehead atoms. The second-order valence-corrected chi connectivity index (χ2v) is 7.21. The second kappa shape index (κ2) is 7.61. The lowest BCUT2D eigenvalue weighted by molar-refractivity contribution is 0.320. The zero-order chi connectivity index (χ0) is 19.6. The molecule has 6 heteroatoms. The summed E-state index contributed by atoms with van der Waals surface area (Å²) in [5.41, 5.74) is 0.802. The molecular weight excluding hydrogens is 368 g/mol. The molecule has 3 rings (SSSR count). The predicted molar refractivity (Wildman–Crippen MR) is 103 cm³/mol. The summed E-state index contributed by atoms with van der Waals surface area (Å²) in [6.07, 6.45) is 2.99. The minimum Gasteiger partial charge on any atom is -0.252 e. The Morgan fingerprint density at radius 1 is 1.22 bits per heavy atom. The zero-order valence-electron chi connectivity index (χ0n) is 15.2. The lowest BCUT2D eigenvalue weighted by Crippen LogP contribution is -2.39. The van der Waals surface area contributed by atoms with E-state index in [9.17, 15) is 8.78 Å². The molecule has 0 saturated heterocycles. The molecule has 27 heavy (non-hydrogen) atoms. The van der Waals surface area contributed by atoms with E-state index >= 15 is 0 Å². The molecule has 0 aliphatic rings. The molecule has 1 atom stereocenters. The Hall–Kier alpha value is -2.53. The number of hydrogen-bond donors (Lipinski definition) is 0. The van der Waals surface area contributed by atoms with E-state index in [-0.39, 0.29) is 12.5 Å². The minimum atomic E-state index is -0.906. The molecule has 0 N–H and O–H groups in total. The van der Waals surface area contributed by atoms with Crippen molar-refractivity contribution in [2.75, 3.05) is 0 Å². The smallest absolute Gasteiger partial charge is 0.137 e. The summed E-state index contributed by atoms with van der Waals surface area (Å²) >= 11 is 6.41. The van der Waals surface area contributed by atoms with E-state index < -0.39 is 17.0 Å². The summed E-state index contributed by atoms with van der Waals surface area (Å²) in [6, 6.07) is 10.9. The van der Waals surface area contributed by atoms with Crippen molar-refractivity contribution in [3.8, 4) is 0 Å². The van der Waals surface area contributed by atoms with Crippen LogP contribution in [0.3, 0.4) is 0 Å². The van der Waals surface area contributed by atoms with Crippen LogP contribution >= 0.6 is 11.6 Å². The first kappa shape index (κ1) is 19.2. The first-order valence-electron chi connectivity index (χ1n) is 8.58. The van der Waals surface area contributed by atoms with Crippen molar-refractivity contribution < 1.29 is 8.78 Å². The molecule has 1 heterocycles. The SMILES string of the molecule is C=C(c1ccccc1Cl)C(Cn1cncn1)(c1ccc(F)cc1F)C(C)C. The van der Waals surface area contributed by atoms with Crippen molar-refractivity contribution in [1.82, 2.24) is 14.8 Å². The highest BCUT2D eigenvalue weighted by Gasteiger charge is 2.42. The number of halogens is 3. The minimum absolute atomic E-state index is 0.0922. The predicted octanol–water partition coefficient (Wildman–Crippen LogP) is 5.52. The van der Waals surface area contributed by atoms with Crippen LogP contribution in [0, 0.1) is 17.6 Å². The van der Waals surface area contributed by atoms with Gasteiger partial charge in [-0.25, -0.2) is 13.8 Å².